The molecular formula is C21H26F3IN4O2. The molecule has 0 aliphatic rings. The molecule has 0 aromatic heterocycles. The number of hydrogen-bond acceptors (Lipinski definition) is 3. The van der Waals surface area contributed by atoms with Gasteiger partial charge in [0.1, 0.15) is 5.75 Å². The maximum atomic E-state index is 12.8. The Labute approximate surface area is 196 Å². The second-order valence-electron chi connectivity index (χ2n) is 6.31. The van der Waals surface area contributed by atoms with E-state index < -0.39 is 11.7 Å². The Morgan fingerprint density at radius 3 is 2.42 bits per heavy atom. The molecule has 0 radical (unpaired) electrons. The zero-order valence-corrected chi connectivity index (χ0v) is 19.6. The fourth-order valence-electron chi connectivity index (χ4n) is 2.58. The van der Waals surface area contributed by atoms with Crippen molar-refractivity contribution >= 4 is 35.8 Å². The maximum absolute atomic E-state index is 12.8. The van der Waals surface area contributed by atoms with E-state index in [9.17, 15) is 18.0 Å². The summed E-state index contributed by atoms with van der Waals surface area (Å²) in [5.74, 6) is 0.809. The highest BCUT2D eigenvalue weighted by Gasteiger charge is 2.30. The number of guanidine groups is 1. The lowest BCUT2D eigenvalue weighted by Gasteiger charge is -2.12. The molecule has 1 amide bonds. The van der Waals surface area contributed by atoms with E-state index in [4.69, 9.17) is 4.74 Å². The molecule has 0 aliphatic heterocycles. The van der Waals surface area contributed by atoms with Crippen molar-refractivity contribution < 1.29 is 22.7 Å². The summed E-state index contributed by atoms with van der Waals surface area (Å²) in [5, 5.41) is 8.84. The van der Waals surface area contributed by atoms with Gasteiger partial charge in [0.2, 0.25) is 0 Å². The highest BCUT2D eigenvalue weighted by molar-refractivity contribution is 14.0. The first kappa shape index (κ1) is 26.5. The Morgan fingerprint density at radius 2 is 1.74 bits per heavy atom. The summed E-state index contributed by atoms with van der Waals surface area (Å²) in [6.07, 6.45) is -4.39. The Balaban J connectivity index is 0.00000480. The summed E-state index contributed by atoms with van der Waals surface area (Å²) in [6.45, 7) is 3.29. The lowest BCUT2D eigenvalue weighted by Crippen LogP contribution is -2.41. The SMILES string of the molecule is CCNC(=NCc1cccc(C(F)(F)F)c1)NCCNC(=O)c1cccc(OC)c1.I. The molecule has 0 atom stereocenters. The van der Waals surface area contributed by atoms with Crippen LogP contribution in [0.4, 0.5) is 13.2 Å². The zero-order valence-electron chi connectivity index (χ0n) is 17.3. The summed E-state index contributed by atoms with van der Waals surface area (Å²) in [4.78, 5) is 16.5. The third-order valence-corrected chi connectivity index (χ3v) is 4.05. The van der Waals surface area contributed by atoms with Crippen molar-refractivity contribution in [3.05, 3.63) is 65.2 Å². The molecule has 170 valence electrons. The van der Waals surface area contributed by atoms with Crippen LogP contribution in [0.15, 0.2) is 53.5 Å². The molecule has 2 aromatic rings. The standard InChI is InChI=1S/C21H25F3N4O2.HI/c1-3-25-20(28-14-15-6-4-8-17(12-15)21(22,23)24)27-11-10-26-19(29)16-7-5-9-18(13-16)30-2;/h4-9,12-13H,3,10-11,14H2,1-2H3,(H,26,29)(H2,25,27,28);1H. The van der Waals surface area contributed by atoms with E-state index in [2.05, 4.69) is 20.9 Å². The largest absolute Gasteiger partial charge is 0.497 e. The Bertz CT molecular complexity index is 876. The number of halogens is 4. The number of nitrogens with zero attached hydrogens (tertiary/aromatic N) is 1. The number of amides is 1. The molecule has 0 spiro atoms. The summed E-state index contributed by atoms with van der Waals surface area (Å²) >= 11 is 0. The Morgan fingerprint density at radius 1 is 1.03 bits per heavy atom. The Kier molecular flexibility index (Phi) is 11.2. The van der Waals surface area contributed by atoms with E-state index in [1.54, 1.807) is 30.3 Å². The number of hydrogen-bond donors (Lipinski definition) is 3. The molecule has 6 nitrogen and oxygen atoms in total. The lowest BCUT2D eigenvalue weighted by molar-refractivity contribution is -0.137. The van der Waals surface area contributed by atoms with Gasteiger partial charge in [-0.1, -0.05) is 18.2 Å². The minimum absolute atomic E-state index is 0. The van der Waals surface area contributed by atoms with Crippen LogP contribution in [-0.2, 0) is 12.7 Å². The minimum atomic E-state index is -4.39. The van der Waals surface area contributed by atoms with Crippen molar-refractivity contribution in [2.24, 2.45) is 4.99 Å². The number of aliphatic imine (C=N–C) groups is 1. The first-order chi connectivity index (χ1) is 14.3. The van der Waals surface area contributed by atoms with Gasteiger partial charge in [0, 0.05) is 25.2 Å². The van der Waals surface area contributed by atoms with Crippen LogP contribution in [0.2, 0.25) is 0 Å². The van der Waals surface area contributed by atoms with Gasteiger partial charge in [0.25, 0.3) is 5.91 Å². The van der Waals surface area contributed by atoms with Gasteiger partial charge < -0.3 is 20.7 Å². The van der Waals surface area contributed by atoms with Crippen LogP contribution < -0.4 is 20.7 Å². The first-order valence-corrected chi connectivity index (χ1v) is 9.44. The molecular weight excluding hydrogens is 524 g/mol. The number of ether oxygens (including phenoxy) is 1. The topological polar surface area (TPSA) is 74.8 Å². The van der Waals surface area contributed by atoms with Gasteiger partial charge >= 0.3 is 6.18 Å². The predicted octanol–water partition coefficient (Wildman–Crippen LogP) is 3.82. The van der Waals surface area contributed by atoms with E-state index in [0.717, 1.165) is 12.1 Å². The maximum Gasteiger partial charge on any atom is 0.416 e. The van der Waals surface area contributed by atoms with E-state index in [1.165, 1.54) is 13.2 Å². The van der Waals surface area contributed by atoms with Gasteiger partial charge in [-0.25, -0.2) is 4.99 Å². The second-order valence-corrected chi connectivity index (χ2v) is 6.31. The van der Waals surface area contributed by atoms with Crippen LogP contribution >= 0.6 is 24.0 Å². The number of methoxy groups -OCH3 is 1. The fourth-order valence-corrected chi connectivity index (χ4v) is 2.58. The molecule has 0 saturated heterocycles. The van der Waals surface area contributed by atoms with Crippen LogP contribution in [0, 0.1) is 0 Å². The van der Waals surface area contributed by atoms with Crippen LogP contribution in [0.3, 0.4) is 0 Å². The van der Waals surface area contributed by atoms with E-state index >= 15 is 0 Å². The third-order valence-electron chi connectivity index (χ3n) is 4.05. The second kappa shape index (κ2) is 13.0. The summed E-state index contributed by atoms with van der Waals surface area (Å²) in [5.41, 5.74) is 0.237. The predicted molar refractivity (Wildman–Crippen MR) is 125 cm³/mol. The molecule has 31 heavy (non-hydrogen) atoms. The highest BCUT2D eigenvalue weighted by atomic mass is 127. The molecule has 0 aliphatic carbocycles. The van der Waals surface area contributed by atoms with Crippen molar-refractivity contribution in [3.63, 3.8) is 0 Å². The lowest BCUT2D eigenvalue weighted by atomic mass is 10.1. The average Bonchev–Trinajstić information content (AvgIpc) is 2.74. The van der Waals surface area contributed by atoms with Crippen molar-refractivity contribution in [1.82, 2.24) is 16.0 Å². The van der Waals surface area contributed by atoms with Gasteiger partial charge in [-0.15, -0.1) is 24.0 Å². The minimum Gasteiger partial charge on any atom is -0.497 e. The van der Waals surface area contributed by atoms with E-state index in [-0.39, 0.29) is 36.4 Å². The summed E-state index contributed by atoms with van der Waals surface area (Å²) < 4.78 is 43.6. The van der Waals surface area contributed by atoms with Crippen molar-refractivity contribution in [3.8, 4) is 5.75 Å². The van der Waals surface area contributed by atoms with Crippen LogP contribution in [0.5, 0.6) is 5.75 Å². The first-order valence-electron chi connectivity index (χ1n) is 9.44. The quantitative estimate of drug-likeness (QED) is 0.202. The Hall–Kier alpha value is -2.50. The normalized spacial score (nSPS) is 11.3. The number of benzene rings is 2. The molecule has 10 heteroatoms. The molecule has 3 N–H and O–H groups in total. The smallest absolute Gasteiger partial charge is 0.416 e. The van der Waals surface area contributed by atoms with Gasteiger partial charge in [0.05, 0.1) is 19.2 Å². The van der Waals surface area contributed by atoms with Crippen molar-refractivity contribution in [2.75, 3.05) is 26.7 Å². The van der Waals surface area contributed by atoms with E-state index in [0.29, 0.717) is 42.5 Å². The summed E-state index contributed by atoms with van der Waals surface area (Å²) in [6, 6.07) is 11.9. The van der Waals surface area contributed by atoms with Crippen LogP contribution in [-0.4, -0.2) is 38.6 Å². The molecule has 0 fully saturated rings. The number of nitrogens with one attached hydrogen (secondary N) is 3. The molecule has 2 rings (SSSR count). The van der Waals surface area contributed by atoms with Gasteiger partial charge in [-0.05, 0) is 42.8 Å². The zero-order chi connectivity index (χ0) is 22.0. The highest BCUT2D eigenvalue weighted by Crippen LogP contribution is 2.29. The average molecular weight is 550 g/mol. The molecule has 0 saturated carbocycles. The number of alkyl halides is 3. The number of carbonyl (C=O) groups is 1. The third kappa shape index (κ3) is 9.03. The molecule has 2 aromatic carbocycles. The van der Waals surface area contributed by atoms with Gasteiger partial charge in [0.15, 0.2) is 5.96 Å². The van der Waals surface area contributed by atoms with Crippen molar-refractivity contribution in [1.29, 1.82) is 0 Å². The number of carbonyl (C=O) groups excluding carboxylic acids is 1. The van der Waals surface area contributed by atoms with E-state index in [1.807, 2.05) is 6.92 Å². The molecule has 0 bridgehead atoms. The molecule has 0 unspecified atom stereocenters. The van der Waals surface area contributed by atoms with Gasteiger partial charge in [-0.3, -0.25) is 4.79 Å². The summed E-state index contributed by atoms with van der Waals surface area (Å²) in [7, 11) is 1.53. The van der Waals surface area contributed by atoms with Crippen LogP contribution in [0.25, 0.3) is 0 Å². The van der Waals surface area contributed by atoms with Gasteiger partial charge in [-0.2, -0.15) is 13.2 Å². The van der Waals surface area contributed by atoms with Crippen LogP contribution in [0.1, 0.15) is 28.4 Å². The number of rotatable bonds is 8. The van der Waals surface area contributed by atoms with Crippen molar-refractivity contribution in [2.45, 2.75) is 19.6 Å². The molecule has 0 heterocycles. The fraction of sp³-hybridized carbons (Fsp3) is 0.333. The monoisotopic (exact) mass is 550 g/mol.